The van der Waals surface area contributed by atoms with E-state index in [4.69, 9.17) is 9.16 Å². The number of aryl methyl sites for hydroxylation is 2. The van der Waals surface area contributed by atoms with Crippen LogP contribution in [0.25, 0.3) is 0 Å². The molecule has 0 aliphatic carbocycles. The molecule has 0 saturated carbocycles. The van der Waals surface area contributed by atoms with E-state index in [0.29, 0.717) is 5.69 Å². The van der Waals surface area contributed by atoms with E-state index in [0.717, 1.165) is 28.1 Å². The summed E-state index contributed by atoms with van der Waals surface area (Å²) in [5.41, 5.74) is 4.21. The molecule has 2 atom stereocenters. The number of methoxy groups -OCH3 is 1. The van der Waals surface area contributed by atoms with Crippen LogP contribution in [0.1, 0.15) is 61.9 Å². The van der Waals surface area contributed by atoms with Crippen molar-refractivity contribution in [1.82, 2.24) is 14.3 Å². The largest absolute Gasteiger partial charge is 0.497 e. The average molecular weight is 570 g/mol. The van der Waals surface area contributed by atoms with Crippen LogP contribution in [0.15, 0.2) is 60.9 Å². The molecule has 39 heavy (non-hydrogen) atoms. The standard InChI is InChI=1S/C30H43N3O4SSi/c1-22-10-12-25(13-11-22)20-33(21-26-14-16-27(36-7)17-15-26)38(34,35)24(3)29(28-19-31-23(2)18-32-28)37-39(8,9)30(4,5)6/h10-19,24,29H,20-21H2,1-9H3/t24-,29-/m0/s1. The van der Waals surface area contributed by atoms with E-state index >= 15 is 0 Å². The van der Waals surface area contributed by atoms with Crippen molar-refractivity contribution >= 4 is 18.3 Å². The summed E-state index contributed by atoms with van der Waals surface area (Å²) >= 11 is 0. The normalized spacial score (nSPS) is 14.3. The van der Waals surface area contributed by atoms with E-state index in [-0.39, 0.29) is 18.1 Å². The van der Waals surface area contributed by atoms with E-state index in [1.165, 1.54) is 0 Å². The summed E-state index contributed by atoms with van der Waals surface area (Å²) in [5.74, 6) is 0.723. The van der Waals surface area contributed by atoms with Crippen LogP contribution < -0.4 is 4.74 Å². The minimum absolute atomic E-state index is 0.114. The first-order valence-electron chi connectivity index (χ1n) is 13.3. The molecule has 212 valence electrons. The second kappa shape index (κ2) is 12.3. The van der Waals surface area contributed by atoms with Crippen LogP contribution in [0.4, 0.5) is 0 Å². The molecule has 9 heteroatoms. The van der Waals surface area contributed by atoms with Crippen molar-refractivity contribution in [3.05, 3.63) is 89.0 Å². The van der Waals surface area contributed by atoms with Crippen molar-refractivity contribution in [3.8, 4) is 5.75 Å². The van der Waals surface area contributed by atoms with Crippen LogP contribution in [-0.2, 0) is 27.5 Å². The van der Waals surface area contributed by atoms with E-state index in [2.05, 4.69) is 43.8 Å². The van der Waals surface area contributed by atoms with E-state index in [9.17, 15) is 8.42 Å². The molecule has 2 aromatic carbocycles. The van der Waals surface area contributed by atoms with Gasteiger partial charge in [0.05, 0.1) is 24.7 Å². The lowest BCUT2D eigenvalue weighted by Gasteiger charge is -2.41. The zero-order valence-corrected chi connectivity index (χ0v) is 26.5. The minimum Gasteiger partial charge on any atom is -0.497 e. The molecular formula is C30H43N3O4SSi. The minimum atomic E-state index is -3.87. The molecule has 0 aliphatic rings. The van der Waals surface area contributed by atoms with Gasteiger partial charge in [-0.15, -0.1) is 0 Å². The molecule has 3 rings (SSSR count). The van der Waals surface area contributed by atoms with Gasteiger partial charge in [0.2, 0.25) is 10.0 Å². The summed E-state index contributed by atoms with van der Waals surface area (Å²) in [5, 5.41) is -1.01. The predicted octanol–water partition coefficient (Wildman–Crippen LogP) is 6.59. The molecule has 0 aliphatic heterocycles. The van der Waals surface area contributed by atoms with Gasteiger partial charge in [0.1, 0.15) is 17.1 Å². The molecule has 1 aromatic heterocycles. The monoisotopic (exact) mass is 569 g/mol. The fourth-order valence-corrected chi connectivity index (χ4v) is 6.95. The fourth-order valence-electron chi connectivity index (χ4n) is 3.90. The molecular weight excluding hydrogens is 527 g/mol. The molecule has 0 radical (unpaired) electrons. The summed E-state index contributed by atoms with van der Waals surface area (Å²) in [6.07, 6.45) is 2.55. The first-order valence-corrected chi connectivity index (χ1v) is 17.7. The van der Waals surface area contributed by atoms with E-state index in [1.807, 2.05) is 62.4 Å². The highest BCUT2D eigenvalue weighted by molar-refractivity contribution is 7.89. The number of benzene rings is 2. The van der Waals surface area contributed by atoms with Gasteiger partial charge in [0.15, 0.2) is 8.32 Å². The Kier molecular flexibility index (Phi) is 9.75. The number of hydrogen-bond acceptors (Lipinski definition) is 6. The molecule has 7 nitrogen and oxygen atoms in total. The van der Waals surface area contributed by atoms with Crippen LogP contribution in [0.2, 0.25) is 18.1 Å². The van der Waals surface area contributed by atoms with Gasteiger partial charge in [-0.05, 0) is 62.2 Å². The van der Waals surface area contributed by atoms with Gasteiger partial charge < -0.3 is 9.16 Å². The Morgan fingerprint density at radius 1 is 0.897 bits per heavy atom. The maximum atomic E-state index is 14.4. The maximum Gasteiger partial charge on any atom is 0.220 e. The summed E-state index contributed by atoms with van der Waals surface area (Å²) in [4.78, 5) is 8.99. The highest BCUT2D eigenvalue weighted by Gasteiger charge is 2.44. The van der Waals surface area contributed by atoms with Gasteiger partial charge in [0.25, 0.3) is 0 Å². The Labute approximate surface area is 235 Å². The number of sulfonamides is 1. The highest BCUT2D eigenvalue weighted by atomic mass is 32.2. The topological polar surface area (TPSA) is 81.6 Å². The fraction of sp³-hybridized carbons (Fsp3) is 0.467. The second-order valence-electron chi connectivity index (χ2n) is 11.7. The number of hydrogen-bond donors (Lipinski definition) is 0. The maximum absolute atomic E-state index is 14.4. The van der Waals surface area contributed by atoms with Gasteiger partial charge in [-0.3, -0.25) is 9.97 Å². The molecule has 0 spiro atoms. The number of aromatic nitrogens is 2. The molecule has 0 bridgehead atoms. The zero-order valence-electron chi connectivity index (χ0n) is 24.7. The molecule has 0 unspecified atom stereocenters. The van der Waals surface area contributed by atoms with Gasteiger partial charge in [0, 0.05) is 19.3 Å². The number of rotatable bonds is 11. The van der Waals surface area contributed by atoms with Crippen molar-refractivity contribution in [2.24, 2.45) is 0 Å². The summed E-state index contributed by atoms with van der Waals surface area (Å²) in [6.45, 7) is 16.7. The smallest absolute Gasteiger partial charge is 0.220 e. The highest BCUT2D eigenvalue weighted by Crippen LogP contribution is 2.41. The Bertz CT molecular complexity index is 1320. The molecule has 0 N–H and O–H groups in total. The van der Waals surface area contributed by atoms with Gasteiger partial charge in [-0.2, -0.15) is 4.31 Å². The second-order valence-corrected chi connectivity index (χ2v) is 18.8. The van der Waals surface area contributed by atoms with Crippen molar-refractivity contribution < 1.29 is 17.6 Å². The van der Waals surface area contributed by atoms with Crippen LogP contribution in [0, 0.1) is 13.8 Å². The van der Waals surface area contributed by atoms with Crippen LogP contribution in [-0.4, -0.2) is 43.4 Å². The first kappa shape index (κ1) is 30.9. The Morgan fingerprint density at radius 3 is 1.90 bits per heavy atom. The van der Waals surface area contributed by atoms with Gasteiger partial charge in [-0.1, -0.05) is 62.7 Å². The van der Waals surface area contributed by atoms with Crippen LogP contribution >= 0.6 is 0 Å². The Hall–Kier alpha value is -2.59. The Balaban J connectivity index is 2.05. The van der Waals surface area contributed by atoms with E-state index in [1.54, 1.807) is 30.7 Å². The summed E-state index contributed by atoms with van der Waals surface area (Å²) in [6, 6.07) is 15.5. The lowest BCUT2D eigenvalue weighted by Crippen LogP contribution is -2.47. The van der Waals surface area contributed by atoms with Crippen LogP contribution in [0.3, 0.4) is 0 Å². The van der Waals surface area contributed by atoms with Crippen molar-refractivity contribution in [3.63, 3.8) is 0 Å². The lowest BCUT2D eigenvalue weighted by molar-refractivity contribution is 0.173. The molecule has 3 aromatic rings. The molecule has 0 saturated heterocycles. The van der Waals surface area contributed by atoms with Crippen molar-refractivity contribution in [2.75, 3.05) is 7.11 Å². The van der Waals surface area contributed by atoms with Crippen LogP contribution in [0.5, 0.6) is 5.75 Å². The Morgan fingerprint density at radius 2 is 1.44 bits per heavy atom. The van der Waals surface area contributed by atoms with Gasteiger partial charge in [-0.25, -0.2) is 8.42 Å². The molecule has 0 amide bonds. The van der Waals surface area contributed by atoms with Crippen molar-refractivity contribution in [1.29, 1.82) is 0 Å². The third kappa shape index (κ3) is 7.75. The number of ether oxygens (including phenoxy) is 1. The third-order valence-electron chi connectivity index (χ3n) is 7.57. The van der Waals surface area contributed by atoms with E-state index < -0.39 is 29.7 Å². The first-order chi connectivity index (χ1) is 18.1. The van der Waals surface area contributed by atoms with Gasteiger partial charge >= 0.3 is 0 Å². The number of nitrogens with zero attached hydrogens (tertiary/aromatic N) is 3. The van der Waals surface area contributed by atoms with Crippen molar-refractivity contribution in [2.45, 2.75) is 84.1 Å². The average Bonchev–Trinajstić information content (AvgIpc) is 2.88. The summed E-state index contributed by atoms with van der Waals surface area (Å²) in [7, 11) is -4.63. The summed E-state index contributed by atoms with van der Waals surface area (Å²) < 4.78 is 42.5. The predicted molar refractivity (Wildman–Crippen MR) is 160 cm³/mol. The third-order valence-corrected chi connectivity index (χ3v) is 14.2. The molecule has 0 fully saturated rings. The SMILES string of the molecule is COc1ccc(CN(Cc2ccc(C)cc2)S(=O)(=O)[C@@H](C)[C@H](O[Si](C)(C)C(C)(C)C)c2cnc(C)cn2)cc1. The molecule has 1 heterocycles. The lowest BCUT2D eigenvalue weighted by atomic mass is 10.1. The zero-order chi connectivity index (χ0) is 29.0. The quantitative estimate of drug-likeness (QED) is 0.243.